The van der Waals surface area contributed by atoms with Crippen molar-refractivity contribution in [3.05, 3.63) is 70.7 Å². The van der Waals surface area contributed by atoms with E-state index in [4.69, 9.17) is 9.47 Å². The fraction of sp³-hybridized carbons (Fsp3) is 0.136. The predicted octanol–water partition coefficient (Wildman–Crippen LogP) is 5.57. The van der Waals surface area contributed by atoms with Gasteiger partial charge in [0.15, 0.2) is 16.6 Å². The summed E-state index contributed by atoms with van der Waals surface area (Å²) < 4.78 is 10.9. The van der Waals surface area contributed by atoms with Gasteiger partial charge in [0.05, 0.1) is 31.2 Å². The van der Waals surface area contributed by atoms with Gasteiger partial charge in [-0.1, -0.05) is 24.3 Å². The van der Waals surface area contributed by atoms with Crippen LogP contribution in [0.15, 0.2) is 59.3 Å². The molecule has 0 saturated carbocycles. The molecule has 0 fully saturated rings. The number of carbonyl (C=O) groups is 1. The predicted molar refractivity (Wildman–Crippen MR) is 120 cm³/mol. The highest BCUT2D eigenvalue weighted by Gasteiger charge is 2.25. The lowest BCUT2D eigenvalue weighted by Gasteiger charge is -2.18. The zero-order valence-electron chi connectivity index (χ0n) is 16.7. The SMILES string of the molecule is COc1cccc(-c2nc(C(=O)N(c3ccccc3)c3nc(C)cs3)cs2)c1OC. The van der Waals surface area contributed by atoms with Crippen LogP contribution >= 0.6 is 22.7 Å². The maximum absolute atomic E-state index is 13.5. The average molecular weight is 438 g/mol. The van der Waals surface area contributed by atoms with Crippen molar-refractivity contribution in [3.8, 4) is 22.1 Å². The number of methoxy groups -OCH3 is 2. The van der Waals surface area contributed by atoms with Gasteiger partial charge in [-0.15, -0.1) is 22.7 Å². The van der Waals surface area contributed by atoms with Crippen LogP contribution in [0.2, 0.25) is 0 Å². The Bertz CT molecular complexity index is 1170. The number of nitrogens with zero attached hydrogens (tertiary/aromatic N) is 3. The second-order valence-electron chi connectivity index (χ2n) is 6.33. The molecule has 0 aliphatic carbocycles. The van der Waals surface area contributed by atoms with Crippen LogP contribution in [0.4, 0.5) is 10.8 Å². The first-order valence-corrected chi connectivity index (χ1v) is 10.9. The molecule has 2 heterocycles. The summed E-state index contributed by atoms with van der Waals surface area (Å²) in [6.07, 6.45) is 0. The Morgan fingerprint density at radius 3 is 2.40 bits per heavy atom. The first-order chi connectivity index (χ1) is 14.6. The molecule has 0 unspecified atom stereocenters. The van der Waals surface area contributed by atoms with Crippen molar-refractivity contribution in [3.63, 3.8) is 0 Å². The second kappa shape index (κ2) is 8.64. The molecule has 4 aromatic rings. The molecule has 0 aliphatic rings. The number of anilines is 2. The van der Waals surface area contributed by atoms with Gasteiger partial charge in [0.2, 0.25) is 0 Å². The van der Waals surface area contributed by atoms with E-state index < -0.39 is 0 Å². The van der Waals surface area contributed by atoms with Crippen LogP contribution in [0.5, 0.6) is 11.5 Å². The quantitative estimate of drug-likeness (QED) is 0.394. The van der Waals surface area contributed by atoms with Crippen LogP contribution in [0, 0.1) is 6.92 Å². The number of para-hydroxylation sites is 2. The number of rotatable bonds is 6. The molecule has 0 atom stereocenters. The summed E-state index contributed by atoms with van der Waals surface area (Å²) >= 11 is 2.80. The van der Waals surface area contributed by atoms with Gasteiger partial charge in [-0.3, -0.25) is 9.69 Å². The molecule has 0 saturated heterocycles. The molecule has 0 bridgehead atoms. The molecule has 0 radical (unpaired) electrons. The van der Waals surface area contributed by atoms with Crippen molar-refractivity contribution >= 4 is 39.4 Å². The van der Waals surface area contributed by atoms with Gasteiger partial charge in [-0.05, 0) is 31.2 Å². The lowest BCUT2D eigenvalue weighted by Crippen LogP contribution is -2.26. The first kappa shape index (κ1) is 20.1. The summed E-state index contributed by atoms with van der Waals surface area (Å²) in [5.74, 6) is 0.964. The van der Waals surface area contributed by atoms with E-state index in [1.807, 2.05) is 60.8 Å². The Labute approximate surface area is 182 Å². The molecule has 0 N–H and O–H groups in total. The lowest BCUT2D eigenvalue weighted by molar-refractivity contribution is 0.0995. The van der Waals surface area contributed by atoms with Crippen molar-refractivity contribution in [2.45, 2.75) is 6.92 Å². The number of amides is 1. The number of hydrogen-bond acceptors (Lipinski definition) is 7. The van der Waals surface area contributed by atoms with Gasteiger partial charge in [-0.25, -0.2) is 9.97 Å². The van der Waals surface area contributed by atoms with E-state index in [1.54, 1.807) is 24.5 Å². The average Bonchev–Trinajstić information content (AvgIpc) is 3.43. The van der Waals surface area contributed by atoms with Crippen molar-refractivity contribution < 1.29 is 14.3 Å². The summed E-state index contributed by atoms with van der Waals surface area (Å²) in [5.41, 5.74) is 2.73. The van der Waals surface area contributed by atoms with Gasteiger partial charge < -0.3 is 9.47 Å². The Balaban J connectivity index is 1.74. The van der Waals surface area contributed by atoms with Gasteiger partial charge in [-0.2, -0.15) is 0 Å². The number of benzene rings is 2. The van der Waals surface area contributed by atoms with Gasteiger partial charge in [0.25, 0.3) is 5.91 Å². The number of carbonyl (C=O) groups excluding carboxylic acids is 1. The van der Waals surface area contributed by atoms with Crippen LogP contribution in [0.1, 0.15) is 16.2 Å². The number of aryl methyl sites for hydroxylation is 1. The van der Waals surface area contributed by atoms with Crippen molar-refractivity contribution in [1.29, 1.82) is 0 Å². The van der Waals surface area contributed by atoms with Crippen molar-refractivity contribution in [2.75, 3.05) is 19.1 Å². The third-order valence-corrected chi connectivity index (χ3v) is 6.19. The Kier molecular flexibility index (Phi) is 5.78. The minimum absolute atomic E-state index is 0.236. The summed E-state index contributed by atoms with van der Waals surface area (Å²) in [5, 5.41) is 4.97. The number of hydrogen-bond donors (Lipinski definition) is 0. The molecule has 1 amide bonds. The molecule has 2 aromatic carbocycles. The molecule has 8 heteroatoms. The van der Waals surface area contributed by atoms with Gasteiger partial charge in [0.1, 0.15) is 10.7 Å². The molecule has 0 spiro atoms. The Hall–Kier alpha value is -3.23. The third-order valence-electron chi connectivity index (χ3n) is 4.37. The van der Waals surface area contributed by atoms with Crippen molar-refractivity contribution in [1.82, 2.24) is 9.97 Å². The summed E-state index contributed by atoms with van der Waals surface area (Å²) in [4.78, 5) is 24.2. The molecule has 0 aliphatic heterocycles. The van der Waals surface area contributed by atoms with E-state index in [2.05, 4.69) is 9.97 Å². The Morgan fingerprint density at radius 2 is 1.73 bits per heavy atom. The molecular formula is C22H19N3O3S2. The van der Waals surface area contributed by atoms with Gasteiger partial charge >= 0.3 is 0 Å². The van der Waals surface area contributed by atoms with Crippen LogP contribution in [0.25, 0.3) is 10.6 Å². The lowest BCUT2D eigenvalue weighted by atomic mass is 10.2. The molecule has 4 rings (SSSR count). The molecule has 152 valence electrons. The van der Waals surface area contributed by atoms with E-state index in [1.165, 1.54) is 22.7 Å². The highest BCUT2D eigenvalue weighted by atomic mass is 32.1. The zero-order valence-corrected chi connectivity index (χ0v) is 18.3. The maximum atomic E-state index is 13.5. The molecular weight excluding hydrogens is 418 g/mol. The number of ether oxygens (including phenoxy) is 2. The minimum atomic E-state index is -0.236. The monoisotopic (exact) mass is 437 g/mol. The fourth-order valence-corrected chi connectivity index (χ4v) is 4.64. The first-order valence-electron chi connectivity index (χ1n) is 9.11. The van der Waals surface area contributed by atoms with Gasteiger partial charge in [0, 0.05) is 10.8 Å². The highest BCUT2D eigenvalue weighted by molar-refractivity contribution is 7.14. The maximum Gasteiger partial charge on any atom is 0.284 e. The Morgan fingerprint density at radius 1 is 0.933 bits per heavy atom. The summed E-state index contributed by atoms with van der Waals surface area (Å²) in [6, 6.07) is 15.0. The topological polar surface area (TPSA) is 64.5 Å². The molecule has 6 nitrogen and oxygen atoms in total. The standard InChI is InChI=1S/C22H19N3O3S2/c1-14-12-30-22(23-14)25(15-8-5-4-6-9-15)21(26)17-13-29-20(24-17)16-10-7-11-18(27-2)19(16)28-3/h4-13H,1-3H3. The number of aromatic nitrogens is 2. The van der Waals surface area contributed by atoms with E-state index in [0.717, 1.165) is 16.9 Å². The normalized spacial score (nSPS) is 10.6. The fourth-order valence-electron chi connectivity index (χ4n) is 3.00. The van der Waals surface area contributed by atoms with E-state index in [9.17, 15) is 4.79 Å². The smallest absolute Gasteiger partial charge is 0.284 e. The second-order valence-corrected chi connectivity index (χ2v) is 8.02. The third kappa shape index (κ3) is 3.79. The van der Waals surface area contributed by atoms with Crippen LogP contribution < -0.4 is 14.4 Å². The summed E-state index contributed by atoms with van der Waals surface area (Å²) in [7, 11) is 3.18. The highest BCUT2D eigenvalue weighted by Crippen LogP contribution is 2.39. The van der Waals surface area contributed by atoms with E-state index in [0.29, 0.717) is 27.3 Å². The molecule has 2 aromatic heterocycles. The van der Waals surface area contributed by atoms with E-state index >= 15 is 0 Å². The summed E-state index contributed by atoms with van der Waals surface area (Å²) in [6.45, 7) is 1.91. The van der Waals surface area contributed by atoms with Crippen LogP contribution in [0.3, 0.4) is 0 Å². The van der Waals surface area contributed by atoms with Crippen LogP contribution in [-0.4, -0.2) is 30.1 Å². The molecule has 30 heavy (non-hydrogen) atoms. The largest absolute Gasteiger partial charge is 0.493 e. The van der Waals surface area contributed by atoms with E-state index in [-0.39, 0.29) is 5.91 Å². The minimum Gasteiger partial charge on any atom is -0.493 e. The zero-order chi connectivity index (χ0) is 21.1. The van der Waals surface area contributed by atoms with Crippen LogP contribution in [-0.2, 0) is 0 Å². The van der Waals surface area contributed by atoms with Crippen molar-refractivity contribution in [2.24, 2.45) is 0 Å². The number of thiazole rings is 2.